The fourth-order valence-electron chi connectivity index (χ4n) is 5.56. The highest BCUT2D eigenvalue weighted by Gasteiger charge is 2.38. The van der Waals surface area contributed by atoms with Crippen LogP contribution in [0.4, 0.5) is 0 Å². The van der Waals surface area contributed by atoms with Crippen molar-refractivity contribution in [1.82, 2.24) is 20.4 Å². The van der Waals surface area contributed by atoms with E-state index in [2.05, 4.69) is 57.8 Å². The maximum atomic E-state index is 13.8. The van der Waals surface area contributed by atoms with Crippen LogP contribution in [0.25, 0.3) is 0 Å². The quantitative estimate of drug-likeness (QED) is 0.458. The Hall–Kier alpha value is -1.92. The molecular weight excluding hydrogens is 424 g/mol. The summed E-state index contributed by atoms with van der Waals surface area (Å²) in [5.41, 5.74) is 1.40. The van der Waals surface area contributed by atoms with Crippen LogP contribution in [-0.2, 0) is 16.0 Å². The third-order valence-corrected chi connectivity index (χ3v) is 7.79. The molecule has 1 aliphatic carbocycles. The lowest BCUT2D eigenvalue weighted by molar-refractivity contribution is -0.139. The molecule has 0 aromatic heterocycles. The van der Waals surface area contributed by atoms with Gasteiger partial charge in [0.05, 0.1) is 6.04 Å². The molecule has 0 bridgehead atoms. The topological polar surface area (TPSA) is 64.7 Å². The van der Waals surface area contributed by atoms with Gasteiger partial charge in [0.2, 0.25) is 11.8 Å². The molecule has 1 aromatic rings. The lowest BCUT2D eigenvalue weighted by Gasteiger charge is -2.36. The molecule has 6 heteroatoms. The summed E-state index contributed by atoms with van der Waals surface area (Å²) in [6.45, 7) is 4.62. The van der Waals surface area contributed by atoms with Crippen molar-refractivity contribution in [3.8, 4) is 0 Å². The number of aryl methyl sites for hydroxylation is 1. The number of benzene rings is 1. The summed E-state index contributed by atoms with van der Waals surface area (Å²) in [7, 11) is 3.96. The van der Waals surface area contributed by atoms with Gasteiger partial charge < -0.3 is 20.4 Å². The van der Waals surface area contributed by atoms with Crippen LogP contribution in [0.2, 0.25) is 0 Å². The molecular formula is C28H46N4O2. The number of nitrogens with one attached hydrogen (secondary N) is 2. The van der Waals surface area contributed by atoms with Crippen LogP contribution in [0.5, 0.6) is 0 Å². The molecule has 1 aromatic carbocycles. The average molecular weight is 471 g/mol. The fourth-order valence-corrected chi connectivity index (χ4v) is 5.56. The lowest BCUT2D eigenvalue weighted by atomic mass is 9.83. The van der Waals surface area contributed by atoms with Gasteiger partial charge in [-0.15, -0.1) is 0 Å². The van der Waals surface area contributed by atoms with Crippen molar-refractivity contribution in [2.75, 3.05) is 33.7 Å². The molecule has 6 nitrogen and oxygen atoms in total. The van der Waals surface area contributed by atoms with Gasteiger partial charge in [0, 0.05) is 19.1 Å². The summed E-state index contributed by atoms with van der Waals surface area (Å²) in [6, 6.07) is 10.2. The normalized spacial score (nSPS) is 20.9. The summed E-state index contributed by atoms with van der Waals surface area (Å²) in [5.74, 6) is 0.326. The zero-order valence-electron chi connectivity index (χ0n) is 21.6. The SMILES string of the molecule is CNC(C)C(=O)N[C@H](C(=O)N1CCCC1CN(C)CCCCc1ccccc1)C1CCCCC1. The Bertz CT molecular complexity index is 750. The molecule has 1 saturated heterocycles. The van der Waals surface area contributed by atoms with E-state index in [1.165, 1.54) is 18.4 Å². The van der Waals surface area contributed by atoms with Crippen LogP contribution in [0.1, 0.15) is 70.3 Å². The molecule has 3 rings (SSSR count). The smallest absolute Gasteiger partial charge is 0.245 e. The maximum absolute atomic E-state index is 13.8. The standard InChI is InChI=1S/C28H46N4O2/c1-22(29-2)27(33)30-26(24-16-8-5-9-17-24)28(34)32-20-12-18-25(32)21-31(3)19-11-10-15-23-13-6-4-7-14-23/h4,6-7,13-14,22,24-26,29H,5,8-12,15-21H2,1-3H3,(H,30,33)/t22?,25?,26-/m0/s1. The molecule has 2 unspecified atom stereocenters. The van der Waals surface area contributed by atoms with Gasteiger partial charge in [-0.1, -0.05) is 49.6 Å². The third-order valence-electron chi connectivity index (χ3n) is 7.79. The van der Waals surface area contributed by atoms with Gasteiger partial charge in [-0.25, -0.2) is 0 Å². The highest BCUT2D eigenvalue weighted by atomic mass is 16.2. The van der Waals surface area contributed by atoms with Crippen molar-refractivity contribution >= 4 is 11.8 Å². The molecule has 1 aliphatic heterocycles. The summed E-state index contributed by atoms with van der Waals surface area (Å²) >= 11 is 0. The molecule has 190 valence electrons. The molecule has 0 radical (unpaired) electrons. The van der Waals surface area contributed by atoms with Crippen molar-refractivity contribution in [2.45, 2.75) is 89.3 Å². The minimum Gasteiger partial charge on any atom is -0.343 e. The summed E-state index contributed by atoms with van der Waals surface area (Å²) in [4.78, 5) is 30.9. The van der Waals surface area contributed by atoms with E-state index in [0.29, 0.717) is 0 Å². The fraction of sp³-hybridized carbons (Fsp3) is 0.714. The van der Waals surface area contributed by atoms with Gasteiger partial charge in [0.25, 0.3) is 0 Å². The molecule has 34 heavy (non-hydrogen) atoms. The Balaban J connectivity index is 1.53. The summed E-state index contributed by atoms with van der Waals surface area (Å²) < 4.78 is 0. The first-order valence-electron chi connectivity index (χ1n) is 13.5. The van der Waals surface area contributed by atoms with Crippen LogP contribution < -0.4 is 10.6 Å². The van der Waals surface area contributed by atoms with Crippen LogP contribution in [0.3, 0.4) is 0 Å². The van der Waals surface area contributed by atoms with E-state index in [4.69, 9.17) is 0 Å². The second kappa shape index (κ2) is 13.8. The number of carbonyl (C=O) groups excluding carboxylic acids is 2. The molecule has 2 N–H and O–H groups in total. The van der Waals surface area contributed by atoms with E-state index in [-0.39, 0.29) is 35.9 Å². The highest BCUT2D eigenvalue weighted by Crippen LogP contribution is 2.29. The van der Waals surface area contributed by atoms with Crippen LogP contribution in [0, 0.1) is 5.92 Å². The molecule has 3 atom stereocenters. The largest absolute Gasteiger partial charge is 0.343 e. The Morgan fingerprint density at radius 3 is 2.50 bits per heavy atom. The maximum Gasteiger partial charge on any atom is 0.245 e. The number of carbonyl (C=O) groups is 2. The molecule has 1 heterocycles. The zero-order chi connectivity index (χ0) is 24.3. The molecule has 0 spiro atoms. The summed E-state index contributed by atoms with van der Waals surface area (Å²) in [5, 5.41) is 6.15. The van der Waals surface area contributed by atoms with E-state index in [0.717, 1.165) is 71.0 Å². The minimum absolute atomic E-state index is 0.0716. The first-order chi connectivity index (χ1) is 16.5. The van der Waals surface area contributed by atoms with Crippen molar-refractivity contribution in [1.29, 1.82) is 0 Å². The van der Waals surface area contributed by atoms with Gasteiger partial charge in [-0.2, -0.15) is 0 Å². The second-order valence-electron chi connectivity index (χ2n) is 10.4. The summed E-state index contributed by atoms with van der Waals surface area (Å²) in [6.07, 6.45) is 11.2. The number of hydrogen-bond acceptors (Lipinski definition) is 4. The monoisotopic (exact) mass is 470 g/mol. The van der Waals surface area contributed by atoms with E-state index >= 15 is 0 Å². The van der Waals surface area contributed by atoms with Crippen molar-refractivity contribution < 1.29 is 9.59 Å². The number of hydrogen-bond donors (Lipinski definition) is 2. The molecule has 1 saturated carbocycles. The highest BCUT2D eigenvalue weighted by molar-refractivity contribution is 5.90. The van der Waals surface area contributed by atoms with Gasteiger partial charge in [0.1, 0.15) is 6.04 Å². The number of unbranched alkanes of at least 4 members (excludes halogenated alkanes) is 1. The van der Waals surface area contributed by atoms with Gasteiger partial charge in [0.15, 0.2) is 0 Å². The van der Waals surface area contributed by atoms with Crippen LogP contribution >= 0.6 is 0 Å². The number of amides is 2. The Labute approximate surface area is 206 Å². The first-order valence-corrected chi connectivity index (χ1v) is 13.5. The van der Waals surface area contributed by atoms with Gasteiger partial charge >= 0.3 is 0 Å². The second-order valence-corrected chi connectivity index (χ2v) is 10.4. The van der Waals surface area contributed by atoms with E-state index in [1.54, 1.807) is 7.05 Å². The number of likely N-dealkylation sites (tertiary alicyclic amines) is 1. The number of nitrogens with zero attached hydrogens (tertiary/aromatic N) is 2. The predicted molar refractivity (Wildman–Crippen MR) is 139 cm³/mol. The zero-order valence-corrected chi connectivity index (χ0v) is 21.6. The number of likely N-dealkylation sites (N-methyl/N-ethyl adjacent to an activating group) is 2. The van der Waals surface area contributed by atoms with Gasteiger partial charge in [-0.3, -0.25) is 9.59 Å². The van der Waals surface area contributed by atoms with Crippen molar-refractivity contribution in [2.24, 2.45) is 5.92 Å². The van der Waals surface area contributed by atoms with Crippen LogP contribution in [0.15, 0.2) is 30.3 Å². The van der Waals surface area contributed by atoms with Crippen molar-refractivity contribution in [3.05, 3.63) is 35.9 Å². The van der Waals surface area contributed by atoms with E-state index in [1.807, 2.05) is 6.92 Å². The Morgan fingerprint density at radius 2 is 1.79 bits per heavy atom. The van der Waals surface area contributed by atoms with Crippen molar-refractivity contribution in [3.63, 3.8) is 0 Å². The molecule has 2 fully saturated rings. The van der Waals surface area contributed by atoms with E-state index < -0.39 is 0 Å². The predicted octanol–water partition coefficient (Wildman–Crippen LogP) is 3.61. The molecule has 2 aliphatic rings. The van der Waals surface area contributed by atoms with E-state index in [9.17, 15) is 9.59 Å². The van der Waals surface area contributed by atoms with Gasteiger partial charge in [-0.05, 0) is 84.0 Å². The van der Waals surface area contributed by atoms with Crippen LogP contribution in [-0.4, -0.2) is 73.5 Å². The Kier molecular flexibility index (Phi) is 10.9. The third kappa shape index (κ3) is 7.81. The molecule has 2 amide bonds. The first kappa shape index (κ1) is 26.7. The lowest BCUT2D eigenvalue weighted by Crippen LogP contribution is -2.57. The average Bonchev–Trinajstić information content (AvgIpc) is 3.33. The number of rotatable bonds is 12. The Morgan fingerprint density at radius 1 is 1.06 bits per heavy atom. The minimum atomic E-state index is -0.389.